The molecule has 1 N–H and O–H groups in total. The Kier molecular flexibility index (Phi) is 6.29. The van der Waals surface area contributed by atoms with E-state index in [1.165, 1.54) is 0 Å². The van der Waals surface area contributed by atoms with Crippen molar-refractivity contribution in [1.82, 2.24) is 10.2 Å². The summed E-state index contributed by atoms with van der Waals surface area (Å²) in [5.41, 5.74) is 1.89. The molecule has 5 nitrogen and oxygen atoms in total. The second kappa shape index (κ2) is 8.67. The molecule has 2 atom stereocenters. The summed E-state index contributed by atoms with van der Waals surface area (Å²) in [5, 5.41) is 3.14. The van der Waals surface area contributed by atoms with Gasteiger partial charge in [0.2, 0.25) is 11.8 Å². The smallest absolute Gasteiger partial charge is 0.227 e. The molecule has 1 saturated heterocycles. The zero-order valence-electron chi connectivity index (χ0n) is 15.6. The summed E-state index contributed by atoms with van der Waals surface area (Å²) in [4.78, 5) is 29.0. The molecule has 6 heteroatoms. The third-order valence-corrected chi connectivity index (χ3v) is 5.23. The third-order valence-electron chi connectivity index (χ3n) is 4.70. The lowest BCUT2D eigenvalue weighted by atomic mass is 10.0. The monoisotopic (exact) mass is 429 g/mol. The maximum absolute atomic E-state index is 12.9. The quantitative estimate of drug-likeness (QED) is 0.766. The molecular weight excluding hydrogens is 406 g/mol. The first-order valence-electron chi connectivity index (χ1n) is 9.00. The lowest BCUT2D eigenvalue weighted by Crippen LogP contribution is -2.39. The zero-order valence-corrected chi connectivity index (χ0v) is 17.1. The third kappa shape index (κ3) is 4.96. The van der Waals surface area contributed by atoms with Gasteiger partial charge in [-0.1, -0.05) is 46.3 Å². The average Bonchev–Trinajstić information content (AvgIpc) is 3.04. The van der Waals surface area contributed by atoms with Crippen LogP contribution in [-0.4, -0.2) is 43.9 Å². The summed E-state index contributed by atoms with van der Waals surface area (Å²) in [5.74, 6) is -0.422. The first-order chi connectivity index (χ1) is 12.9. The van der Waals surface area contributed by atoms with Gasteiger partial charge in [0, 0.05) is 29.7 Å². The molecule has 0 unspecified atom stereocenters. The van der Waals surface area contributed by atoms with Crippen LogP contribution in [0.4, 0.5) is 5.69 Å². The number of halogens is 1. The topological polar surface area (TPSA) is 52.7 Å². The van der Waals surface area contributed by atoms with E-state index in [1.54, 1.807) is 4.90 Å². The summed E-state index contributed by atoms with van der Waals surface area (Å²) in [7, 11) is 3.97. The molecule has 0 radical (unpaired) electrons. The summed E-state index contributed by atoms with van der Waals surface area (Å²) >= 11 is 3.40. The number of carbonyl (C=O) groups excluding carboxylic acids is 2. The summed E-state index contributed by atoms with van der Waals surface area (Å²) in [6.45, 7) is 1.11. The van der Waals surface area contributed by atoms with E-state index in [2.05, 4.69) is 21.2 Å². The molecule has 27 heavy (non-hydrogen) atoms. The first kappa shape index (κ1) is 19.6. The number of amides is 2. The Morgan fingerprint density at radius 2 is 1.85 bits per heavy atom. The van der Waals surface area contributed by atoms with E-state index < -0.39 is 0 Å². The highest BCUT2D eigenvalue weighted by molar-refractivity contribution is 9.10. The van der Waals surface area contributed by atoms with Crippen molar-refractivity contribution >= 4 is 33.4 Å². The Balaban J connectivity index is 1.69. The lowest BCUT2D eigenvalue weighted by Gasteiger charge is -2.24. The Bertz CT molecular complexity index is 793. The van der Waals surface area contributed by atoms with Gasteiger partial charge in [-0.3, -0.25) is 9.59 Å². The van der Waals surface area contributed by atoms with Crippen LogP contribution in [0.3, 0.4) is 0 Å². The molecular formula is C21H24BrN3O2. The molecule has 1 heterocycles. The standard InChI is InChI=1S/C21H24BrN3O2/c1-24(2)14-19(15-6-4-3-5-7-15)23-21(27)16-12-20(26)25(13-16)18-10-8-17(22)9-11-18/h3-11,16,19H,12-14H2,1-2H3,(H,23,27)/t16-,19+/m0/s1. The summed E-state index contributed by atoms with van der Waals surface area (Å²) in [6.07, 6.45) is 0.241. The second-order valence-corrected chi connectivity index (χ2v) is 8.03. The fraction of sp³-hybridized carbons (Fsp3) is 0.333. The maximum atomic E-state index is 12.9. The summed E-state index contributed by atoms with van der Waals surface area (Å²) in [6, 6.07) is 17.4. The molecule has 1 aliphatic heterocycles. The zero-order chi connectivity index (χ0) is 19.4. The number of benzene rings is 2. The Labute approximate surface area is 168 Å². The van der Waals surface area contributed by atoms with Crippen molar-refractivity contribution in [3.05, 3.63) is 64.6 Å². The van der Waals surface area contributed by atoms with Crippen LogP contribution >= 0.6 is 15.9 Å². The van der Waals surface area contributed by atoms with Crippen molar-refractivity contribution in [2.75, 3.05) is 32.1 Å². The van der Waals surface area contributed by atoms with Gasteiger partial charge in [-0.2, -0.15) is 0 Å². The van der Waals surface area contributed by atoms with E-state index in [0.29, 0.717) is 13.1 Å². The van der Waals surface area contributed by atoms with Crippen LogP contribution in [0.25, 0.3) is 0 Å². The first-order valence-corrected chi connectivity index (χ1v) is 9.79. The van der Waals surface area contributed by atoms with Crippen LogP contribution in [0.1, 0.15) is 18.0 Å². The van der Waals surface area contributed by atoms with E-state index >= 15 is 0 Å². The van der Waals surface area contributed by atoms with E-state index in [9.17, 15) is 9.59 Å². The SMILES string of the molecule is CN(C)C[C@@H](NC(=O)[C@H]1CC(=O)N(c2ccc(Br)cc2)C1)c1ccccc1. The molecule has 0 spiro atoms. The lowest BCUT2D eigenvalue weighted by molar-refractivity contribution is -0.127. The van der Waals surface area contributed by atoms with Crippen LogP contribution in [0, 0.1) is 5.92 Å². The fourth-order valence-electron chi connectivity index (χ4n) is 3.33. The van der Waals surface area contributed by atoms with Gasteiger partial charge in [0.05, 0.1) is 12.0 Å². The largest absolute Gasteiger partial charge is 0.348 e. The van der Waals surface area contributed by atoms with E-state index in [-0.39, 0.29) is 30.2 Å². The second-order valence-electron chi connectivity index (χ2n) is 7.12. The van der Waals surface area contributed by atoms with Crippen LogP contribution in [0.2, 0.25) is 0 Å². The van der Waals surface area contributed by atoms with Crippen LogP contribution < -0.4 is 10.2 Å². The number of hydrogen-bond acceptors (Lipinski definition) is 3. The maximum Gasteiger partial charge on any atom is 0.227 e. The van der Waals surface area contributed by atoms with Gasteiger partial charge in [0.25, 0.3) is 0 Å². The summed E-state index contributed by atoms with van der Waals surface area (Å²) < 4.78 is 0.960. The van der Waals surface area contributed by atoms with Gasteiger partial charge in [-0.25, -0.2) is 0 Å². The van der Waals surface area contributed by atoms with Crippen molar-refractivity contribution in [3.8, 4) is 0 Å². The number of anilines is 1. The molecule has 2 aromatic rings. The molecule has 1 aliphatic rings. The molecule has 3 rings (SSSR count). The molecule has 0 bridgehead atoms. The van der Waals surface area contributed by atoms with Crippen LogP contribution in [0.15, 0.2) is 59.1 Å². The van der Waals surface area contributed by atoms with E-state index in [0.717, 1.165) is 15.7 Å². The number of nitrogens with one attached hydrogen (secondary N) is 1. The van der Waals surface area contributed by atoms with Gasteiger partial charge in [0.15, 0.2) is 0 Å². The minimum Gasteiger partial charge on any atom is -0.348 e. The molecule has 2 aromatic carbocycles. The number of likely N-dealkylation sites (N-methyl/N-ethyl adjacent to an activating group) is 1. The van der Waals surface area contributed by atoms with Gasteiger partial charge in [0.1, 0.15) is 0 Å². The van der Waals surface area contributed by atoms with E-state index in [1.807, 2.05) is 73.6 Å². The molecule has 1 fully saturated rings. The van der Waals surface area contributed by atoms with E-state index in [4.69, 9.17) is 0 Å². The number of rotatable bonds is 6. The Morgan fingerprint density at radius 3 is 2.48 bits per heavy atom. The average molecular weight is 430 g/mol. The number of hydrogen-bond donors (Lipinski definition) is 1. The minimum atomic E-state index is -0.338. The van der Waals surface area contributed by atoms with Gasteiger partial charge in [-0.15, -0.1) is 0 Å². The molecule has 142 valence electrons. The Morgan fingerprint density at radius 1 is 1.19 bits per heavy atom. The Hall–Kier alpha value is -2.18. The van der Waals surface area contributed by atoms with Crippen LogP contribution in [-0.2, 0) is 9.59 Å². The van der Waals surface area contributed by atoms with Gasteiger partial charge in [-0.05, 0) is 43.9 Å². The predicted octanol–water partition coefficient (Wildman–Crippen LogP) is 3.22. The fourth-order valence-corrected chi connectivity index (χ4v) is 3.59. The molecule has 0 saturated carbocycles. The van der Waals surface area contributed by atoms with Crippen molar-refractivity contribution in [3.63, 3.8) is 0 Å². The molecule has 2 amide bonds. The predicted molar refractivity (Wildman–Crippen MR) is 110 cm³/mol. The highest BCUT2D eigenvalue weighted by atomic mass is 79.9. The highest BCUT2D eigenvalue weighted by Gasteiger charge is 2.36. The molecule has 0 aromatic heterocycles. The number of carbonyl (C=O) groups is 2. The van der Waals surface area contributed by atoms with Crippen molar-refractivity contribution in [2.45, 2.75) is 12.5 Å². The van der Waals surface area contributed by atoms with Crippen molar-refractivity contribution < 1.29 is 9.59 Å². The van der Waals surface area contributed by atoms with Crippen molar-refractivity contribution in [2.24, 2.45) is 5.92 Å². The molecule has 0 aliphatic carbocycles. The van der Waals surface area contributed by atoms with Gasteiger partial charge >= 0.3 is 0 Å². The van der Waals surface area contributed by atoms with Crippen LogP contribution in [0.5, 0.6) is 0 Å². The highest BCUT2D eigenvalue weighted by Crippen LogP contribution is 2.27. The van der Waals surface area contributed by atoms with Crippen molar-refractivity contribution in [1.29, 1.82) is 0 Å². The normalized spacial score (nSPS) is 18.0. The number of nitrogens with zero attached hydrogens (tertiary/aromatic N) is 2. The van der Waals surface area contributed by atoms with Gasteiger partial charge < -0.3 is 15.1 Å². The minimum absolute atomic E-state index is 0.0126.